The van der Waals surface area contributed by atoms with E-state index in [1.54, 1.807) is 10.9 Å². The molecule has 21 heavy (non-hydrogen) atoms. The van der Waals surface area contributed by atoms with E-state index in [0.717, 1.165) is 31.1 Å². The highest BCUT2D eigenvalue weighted by Crippen LogP contribution is 2.36. The predicted molar refractivity (Wildman–Crippen MR) is 82.3 cm³/mol. The van der Waals surface area contributed by atoms with Crippen molar-refractivity contribution in [2.45, 2.75) is 70.8 Å². The molecule has 1 saturated heterocycles. The number of hydrogen-bond acceptors (Lipinski definition) is 3. The lowest BCUT2D eigenvalue weighted by Crippen LogP contribution is -2.41. The second-order valence-corrected chi connectivity index (χ2v) is 6.92. The molecule has 0 N–H and O–H groups in total. The third kappa shape index (κ3) is 3.86. The highest BCUT2D eigenvalue weighted by molar-refractivity contribution is 6.61. The number of nitrogens with zero attached hydrogens (tertiary/aromatic N) is 2. The number of aromatic nitrogens is 2. The number of hydrogen-bond donors (Lipinski definition) is 0. The summed E-state index contributed by atoms with van der Waals surface area (Å²) in [5.41, 5.74) is 0.400. The van der Waals surface area contributed by atoms with Crippen LogP contribution >= 0.6 is 0 Å². The van der Waals surface area contributed by atoms with Crippen LogP contribution in [0.2, 0.25) is 0 Å². The van der Waals surface area contributed by atoms with Crippen LogP contribution in [0.1, 0.15) is 53.4 Å². The van der Waals surface area contributed by atoms with Crippen LogP contribution in [0.4, 0.5) is 4.39 Å². The van der Waals surface area contributed by atoms with Gasteiger partial charge in [-0.1, -0.05) is 12.8 Å². The van der Waals surface area contributed by atoms with Crippen LogP contribution in [0, 0.1) is 0 Å². The molecule has 1 aliphatic heterocycles. The fourth-order valence-electron chi connectivity index (χ4n) is 2.42. The Morgan fingerprint density at radius 2 is 1.71 bits per heavy atom. The number of rotatable bonds is 1. The minimum Gasteiger partial charge on any atom is -0.399 e. The predicted octanol–water partition coefficient (Wildman–Crippen LogP) is 2.62. The molecule has 3 rings (SSSR count). The molecule has 6 heteroatoms. The average Bonchev–Trinajstić information content (AvgIpc) is 3.03. The minimum atomic E-state index is -0.454. The number of aryl methyl sites for hydroxylation is 1. The fourth-order valence-corrected chi connectivity index (χ4v) is 2.42. The van der Waals surface area contributed by atoms with Gasteiger partial charge in [0, 0.05) is 24.9 Å². The number of alkyl halides is 1. The van der Waals surface area contributed by atoms with Crippen LogP contribution in [0.25, 0.3) is 0 Å². The molecule has 0 unspecified atom stereocenters. The van der Waals surface area contributed by atoms with E-state index in [0.29, 0.717) is 0 Å². The first-order chi connectivity index (χ1) is 9.71. The highest BCUT2D eigenvalue weighted by Gasteiger charge is 2.52. The Kier molecular flexibility index (Phi) is 4.78. The van der Waals surface area contributed by atoms with E-state index in [9.17, 15) is 4.39 Å². The average molecular weight is 296 g/mol. The van der Waals surface area contributed by atoms with Crippen molar-refractivity contribution in [1.82, 2.24) is 9.78 Å². The molecule has 2 fully saturated rings. The summed E-state index contributed by atoms with van der Waals surface area (Å²) >= 11 is 0. The molecule has 1 aromatic rings. The van der Waals surface area contributed by atoms with Gasteiger partial charge in [0.15, 0.2) is 0 Å². The first-order valence-corrected chi connectivity index (χ1v) is 7.69. The Hall–Kier alpha value is -0.875. The maximum Gasteiger partial charge on any atom is 0.498 e. The van der Waals surface area contributed by atoms with Gasteiger partial charge in [-0.2, -0.15) is 5.10 Å². The van der Waals surface area contributed by atoms with Crippen LogP contribution < -0.4 is 5.46 Å². The van der Waals surface area contributed by atoms with Crippen molar-refractivity contribution in [2.24, 2.45) is 7.05 Å². The van der Waals surface area contributed by atoms with E-state index in [2.05, 4.69) is 5.10 Å². The van der Waals surface area contributed by atoms with Crippen molar-refractivity contribution in [3.8, 4) is 0 Å². The van der Waals surface area contributed by atoms with Crippen LogP contribution in [-0.2, 0) is 16.4 Å². The van der Waals surface area contributed by atoms with Crippen molar-refractivity contribution in [3.63, 3.8) is 0 Å². The molecule has 0 amide bonds. The van der Waals surface area contributed by atoms with Gasteiger partial charge in [-0.05, 0) is 40.5 Å². The van der Waals surface area contributed by atoms with Gasteiger partial charge in [0.1, 0.15) is 6.17 Å². The maximum atomic E-state index is 11.9. The first-order valence-electron chi connectivity index (χ1n) is 7.69. The second-order valence-electron chi connectivity index (χ2n) is 6.92. The van der Waals surface area contributed by atoms with Gasteiger partial charge in [0.25, 0.3) is 0 Å². The second kappa shape index (κ2) is 6.09. The van der Waals surface area contributed by atoms with E-state index < -0.39 is 6.17 Å². The van der Waals surface area contributed by atoms with Gasteiger partial charge in [-0.15, -0.1) is 0 Å². The molecule has 0 bridgehead atoms. The normalized spacial score (nSPS) is 24.0. The van der Waals surface area contributed by atoms with Gasteiger partial charge in [-0.3, -0.25) is 4.68 Å². The van der Waals surface area contributed by atoms with Crippen molar-refractivity contribution in [2.75, 3.05) is 0 Å². The molecule has 4 nitrogen and oxygen atoms in total. The summed E-state index contributed by atoms with van der Waals surface area (Å²) in [4.78, 5) is 0. The summed E-state index contributed by atoms with van der Waals surface area (Å²) in [6.07, 6.45) is 7.11. The van der Waals surface area contributed by atoms with E-state index in [4.69, 9.17) is 9.31 Å². The monoisotopic (exact) mass is 296 g/mol. The third-order valence-corrected chi connectivity index (χ3v) is 4.53. The fraction of sp³-hybridized carbons (Fsp3) is 0.800. The molecule has 0 radical (unpaired) electrons. The zero-order valence-corrected chi connectivity index (χ0v) is 13.7. The van der Waals surface area contributed by atoms with Crippen LogP contribution in [0.15, 0.2) is 12.4 Å². The molecule has 0 spiro atoms. The largest absolute Gasteiger partial charge is 0.498 e. The molecular weight excluding hydrogens is 270 g/mol. The lowest BCUT2D eigenvalue weighted by atomic mass is 9.82. The van der Waals surface area contributed by atoms with Gasteiger partial charge in [0.2, 0.25) is 0 Å². The van der Waals surface area contributed by atoms with Crippen molar-refractivity contribution < 1.29 is 13.7 Å². The van der Waals surface area contributed by atoms with Crippen LogP contribution in [0.3, 0.4) is 0 Å². The highest BCUT2D eigenvalue weighted by atomic mass is 19.1. The van der Waals surface area contributed by atoms with Crippen LogP contribution in [0.5, 0.6) is 0 Å². The van der Waals surface area contributed by atoms with Gasteiger partial charge in [-0.25, -0.2) is 4.39 Å². The molecule has 1 aliphatic carbocycles. The Balaban J connectivity index is 0.000000225. The standard InChI is InChI=1S/C10H17BN2O2.C5H9F/c1-9(2)10(3,4)15-11(14-9)8-6-12-13(5)7-8;6-5-3-1-2-4-5/h6-7H,1-5H3;5H,1-4H2. The summed E-state index contributed by atoms with van der Waals surface area (Å²) in [7, 11) is 1.58. The van der Waals surface area contributed by atoms with Gasteiger partial charge in [0.05, 0.1) is 11.2 Å². The van der Waals surface area contributed by atoms with Crippen molar-refractivity contribution in [1.29, 1.82) is 0 Å². The summed E-state index contributed by atoms with van der Waals surface area (Å²) in [5, 5.41) is 4.11. The lowest BCUT2D eigenvalue weighted by Gasteiger charge is -2.32. The molecule has 118 valence electrons. The molecular formula is C15H26BFN2O2. The van der Waals surface area contributed by atoms with E-state index in [1.807, 2.05) is 40.9 Å². The zero-order valence-electron chi connectivity index (χ0n) is 13.7. The third-order valence-electron chi connectivity index (χ3n) is 4.53. The van der Waals surface area contributed by atoms with E-state index >= 15 is 0 Å². The summed E-state index contributed by atoms with van der Waals surface area (Å²) in [6, 6.07) is 0. The van der Waals surface area contributed by atoms with Crippen LogP contribution in [-0.4, -0.2) is 34.3 Å². The minimum absolute atomic E-state index is 0.284. The lowest BCUT2D eigenvalue weighted by molar-refractivity contribution is 0.00578. The molecule has 2 aliphatic rings. The summed E-state index contributed by atoms with van der Waals surface area (Å²) < 4.78 is 25.4. The van der Waals surface area contributed by atoms with E-state index in [1.165, 1.54) is 0 Å². The number of halogens is 1. The zero-order chi connectivity index (χ0) is 15.7. The maximum absolute atomic E-state index is 11.9. The van der Waals surface area contributed by atoms with Gasteiger partial charge < -0.3 is 9.31 Å². The Labute approximate surface area is 127 Å². The molecule has 2 heterocycles. The van der Waals surface area contributed by atoms with E-state index in [-0.39, 0.29) is 18.3 Å². The van der Waals surface area contributed by atoms with Crippen molar-refractivity contribution in [3.05, 3.63) is 12.4 Å². The summed E-state index contributed by atoms with van der Waals surface area (Å²) in [5.74, 6) is 0. The Morgan fingerprint density at radius 3 is 2.05 bits per heavy atom. The molecule has 1 aromatic heterocycles. The molecule has 0 atom stereocenters. The Bertz CT molecular complexity index is 454. The Morgan fingerprint density at radius 1 is 1.19 bits per heavy atom. The molecule has 0 aromatic carbocycles. The SMILES string of the molecule is Cn1cc(B2OC(C)(C)C(C)(C)O2)cn1.FC1CCCC1. The topological polar surface area (TPSA) is 36.3 Å². The van der Waals surface area contributed by atoms with Gasteiger partial charge >= 0.3 is 7.12 Å². The smallest absolute Gasteiger partial charge is 0.399 e. The first kappa shape index (κ1) is 16.5. The van der Waals surface area contributed by atoms with Crippen molar-refractivity contribution >= 4 is 12.6 Å². The summed E-state index contributed by atoms with van der Waals surface area (Å²) in [6.45, 7) is 8.18. The quantitative estimate of drug-likeness (QED) is 0.747. The molecule has 1 saturated carbocycles.